The van der Waals surface area contributed by atoms with Crippen LogP contribution in [0.4, 0.5) is 10.5 Å². The fraction of sp³-hybridized carbons (Fsp3) is 0.318. The summed E-state index contributed by atoms with van der Waals surface area (Å²) in [7, 11) is 0. The molecule has 2 aromatic rings. The number of hydrogen-bond acceptors (Lipinski definition) is 3. The van der Waals surface area contributed by atoms with Gasteiger partial charge in [-0.1, -0.05) is 62.4 Å². The number of nitrogens with zero attached hydrogens (tertiary/aromatic N) is 1. The van der Waals surface area contributed by atoms with Gasteiger partial charge < -0.3 is 10.6 Å². The fourth-order valence-corrected chi connectivity index (χ4v) is 3.53. The average molecular weight is 379 g/mol. The second kappa shape index (κ2) is 7.84. The molecule has 28 heavy (non-hydrogen) atoms. The molecule has 1 aliphatic heterocycles. The molecule has 0 aromatic heterocycles. The number of benzene rings is 2. The lowest BCUT2D eigenvalue weighted by molar-refractivity contribution is -0.133. The summed E-state index contributed by atoms with van der Waals surface area (Å²) in [6, 6.07) is 14.4. The fourth-order valence-electron chi connectivity index (χ4n) is 3.53. The van der Waals surface area contributed by atoms with E-state index in [4.69, 9.17) is 0 Å². The summed E-state index contributed by atoms with van der Waals surface area (Å²) in [5, 5.41) is 5.62. The molecular weight excluding hydrogens is 354 g/mol. The van der Waals surface area contributed by atoms with Crippen molar-refractivity contribution in [3.63, 3.8) is 0 Å². The standard InChI is InChI=1S/C22H25N3O3/c1-4-15-10-9-11-16(5-2)19(15)23-18(26)14-25-20(27)22(3,24-21(25)28)17-12-7-6-8-13-17/h6-13H,4-5,14H2,1-3H3,(H,23,26)(H,24,28)/t22-/m1/s1. The summed E-state index contributed by atoms with van der Waals surface area (Å²) in [6.07, 6.45) is 1.55. The molecule has 2 aromatic carbocycles. The summed E-state index contributed by atoms with van der Waals surface area (Å²) >= 11 is 0. The Kier molecular flexibility index (Phi) is 5.49. The number of carbonyl (C=O) groups is 3. The maximum absolute atomic E-state index is 12.9. The molecule has 6 nitrogen and oxygen atoms in total. The Morgan fingerprint density at radius 1 is 1.00 bits per heavy atom. The topological polar surface area (TPSA) is 78.5 Å². The van der Waals surface area contributed by atoms with Crippen molar-refractivity contribution < 1.29 is 14.4 Å². The smallest absolute Gasteiger partial charge is 0.324 e. The van der Waals surface area contributed by atoms with E-state index in [0.29, 0.717) is 5.56 Å². The number of amides is 4. The number of carbonyl (C=O) groups excluding carboxylic acids is 3. The minimum atomic E-state index is -1.17. The molecule has 146 valence electrons. The second-order valence-corrected chi connectivity index (χ2v) is 7.02. The van der Waals surface area contributed by atoms with Crippen molar-refractivity contribution >= 4 is 23.5 Å². The Morgan fingerprint density at radius 3 is 2.18 bits per heavy atom. The highest BCUT2D eigenvalue weighted by atomic mass is 16.2. The third kappa shape index (κ3) is 3.50. The highest BCUT2D eigenvalue weighted by Gasteiger charge is 2.49. The highest BCUT2D eigenvalue weighted by molar-refractivity contribution is 6.10. The lowest BCUT2D eigenvalue weighted by atomic mass is 9.92. The van der Waals surface area contributed by atoms with Crippen LogP contribution in [0.3, 0.4) is 0 Å². The van der Waals surface area contributed by atoms with Crippen molar-refractivity contribution in [3.05, 3.63) is 65.2 Å². The van der Waals surface area contributed by atoms with Gasteiger partial charge in [0.2, 0.25) is 5.91 Å². The van der Waals surface area contributed by atoms with Crippen LogP contribution in [0.15, 0.2) is 48.5 Å². The minimum Gasteiger partial charge on any atom is -0.324 e. The van der Waals surface area contributed by atoms with E-state index >= 15 is 0 Å². The molecule has 0 saturated carbocycles. The zero-order valence-electron chi connectivity index (χ0n) is 16.4. The van der Waals surface area contributed by atoms with Gasteiger partial charge in [0.25, 0.3) is 5.91 Å². The molecule has 1 heterocycles. The van der Waals surface area contributed by atoms with Crippen LogP contribution in [-0.4, -0.2) is 29.3 Å². The van der Waals surface area contributed by atoms with Gasteiger partial charge in [0, 0.05) is 5.69 Å². The zero-order valence-corrected chi connectivity index (χ0v) is 16.4. The van der Waals surface area contributed by atoms with E-state index in [-0.39, 0.29) is 6.54 Å². The maximum atomic E-state index is 12.9. The van der Waals surface area contributed by atoms with E-state index in [1.165, 1.54) is 0 Å². The summed E-state index contributed by atoms with van der Waals surface area (Å²) in [5.41, 5.74) is 2.34. The first-order valence-corrected chi connectivity index (χ1v) is 9.51. The molecule has 1 fully saturated rings. The van der Waals surface area contributed by atoms with E-state index in [1.807, 2.05) is 50.2 Å². The van der Waals surface area contributed by atoms with E-state index < -0.39 is 23.4 Å². The van der Waals surface area contributed by atoms with Gasteiger partial charge in [-0.05, 0) is 36.5 Å². The summed E-state index contributed by atoms with van der Waals surface area (Å²) in [6.45, 7) is 5.37. The van der Waals surface area contributed by atoms with Crippen LogP contribution in [0.2, 0.25) is 0 Å². The normalized spacial score (nSPS) is 18.9. The second-order valence-electron chi connectivity index (χ2n) is 7.02. The summed E-state index contributed by atoms with van der Waals surface area (Å²) in [4.78, 5) is 39.0. The first-order chi connectivity index (χ1) is 13.4. The van der Waals surface area contributed by atoms with Gasteiger partial charge in [0.15, 0.2) is 0 Å². The van der Waals surface area contributed by atoms with Gasteiger partial charge >= 0.3 is 6.03 Å². The molecular formula is C22H25N3O3. The number of hydrogen-bond donors (Lipinski definition) is 2. The van der Waals surface area contributed by atoms with Gasteiger partial charge in [0.05, 0.1) is 0 Å². The molecule has 3 rings (SSSR count). The Balaban J connectivity index is 1.78. The van der Waals surface area contributed by atoms with Crippen LogP contribution in [0.5, 0.6) is 0 Å². The Morgan fingerprint density at radius 2 is 1.61 bits per heavy atom. The number of imide groups is 1. The first kappa shape index (κ1) is 19.6. The van der Waals surface area contributed by atoms with Crippen LogP contribution in [0, 0.1) is 0 Å². The number of urea groups is 1. The Hall–Kier alpha value is -3.15. The summed E-state index contributed by atoms with van der Waals surface area (Å²) in [5.74, 6) is -0.824. The van der Waals surface area contributed by atoms with E-state index in [0.717, 1.165) is 34.6 Å². The van der Waals surface area contributed by atoms with Crippen molar-refractivity contribution in [2.45, 2.75) is 39.2 Å². The average Bonchev–Trinajstić information content (AvgIpc) is 2.92. The largest absolute Gasteiger partial charge is 0.325 e. The monoisotopic (exact) mass is 379 g/mol. The molecule has 6 heteroatoms. The zero-order chi connectivity index (χ0) is 20.3. The number of rotatable bonds is 6. The molecule has 0 bridgehead atoms. The third-order valence-electron chi connectivity index (χ3n) is 5.19. The van der Waals surface area contributed by atoms with Crippen molar-refractivity contribution in [1.82, 2.24) is 10.2 Å². The molecule has 0 unspecified atom stereocenters. The Bertz CT molecular complexity index is 888. The molecule has 1 saturated heterocycles. The molecule has 1 atom stereocenters. The predicted molar refractivity (Wildman–Crippen MR) is 108 cm³/mol. The van der Waals surface area contributed by atoms with Gasteiger partial charge in [-0.15, -0.1) is 0 Å². The molecule has 4 amide bonds. The predicted octanol–water partition coefficient (Wildman–Crippen LogP) is 3.22. The van der Waals surface area contributed by atoms with Crippen LogP contribution in [-0.2, 0) is 28.0 Å². The Labute approximate surface area is 164 Å². The number of aryl methyl sites for hydroxylation is 2. The van der Waals surface area contributed by atoms with Gasteiger partial charge in [0.1, 0.15) is 12.1 Å². The first-order valence-electron chi connectivity index (χ1n) is 9.51. The number of anilines is 1. The van der Waals surface area contributed by atoms with E-state index in [1.54, 1.807) is 19.1 Å². The van der Waals surface area contributed by atoms with Crippen molar-refractivity contribution in [3.8, 4) is 0 Å². The lowest BCUT2D eigenvalue weighted by Gasteiger charge is -2.22. The maximum Gasteiger partial charge on any atom is 0.325 e. The summed E-state index contributed by atoms with van der Waals surface area (Å²) < 4.78 is 0. The van der Waals surface area contributed by atoms with Gasteiger partial charge in [-0.3, -0.25) is 14.5 Å². The molecule has 0 spiro atoms. The third-order valence-corrected chi connectivity index (χ3v) is 5.19. The van der Waals surface area contributed by atoms with Gasteiger partial charge in [-0.2, -0.15) is 0 Å². The van der Waals surface area contributed by atoms with Crippen molar-refractivity contribution in [1.29, 1.82) is 0 Å². The molecule has 2 N–H and O–H groups in total. The van der Waals surface area contributed by atoms with Gasteiger partial charge in [-0.25, -0.2) is 4.79 Å². The number of nitrogens with one attached hydrogen (secondary N) is 2. The quantitative estimate of drug-likeness (QED) is 0.757. The van der Waals surface area contributed by atoms with Crippen LogP contribution in [0.1, 0.15) is 37.5 Å². The van der Waals surface area contributed by atoms with Crippen LogP contribution >= 0.6 is 0 Å². The van der Waals surface area contributed by atoms with Crippen molar-refractivity contribution in [2.24, 2.45) is 0 Å². The molecule has 1 aliphatic rings. The van der Waals surface area contributed by atoms with Crippen LogP contribution in [0.25, 0.3) is 0 Å². The molecule has 0 radical (unpaired) electrons. The van der Waals surface area contributed by atoms with Crippen LogP contribution < -0.4 is 10.6 Å². The number of para-hydroxylation sites is 1. The van der Waals surface area contributed by atoms with Crippen molar-refractivity contribution in [2.75, 3.05) is 11.9 Å². The highest BCUT2D eigenvalue weighted by Crippen LogP contribution is 2.29. The lowest BCUT2D eigenvalue weighted by Crippen LogP contribution is -2.42. The van der Waals surface area contributed by atoms with E-state index in [9.17, 15) is 14.4 Å². The molecule has 0 aliphatic carbocycles. The SMILES string of the molecule is CCc1cccc(CC)c1NC(=O)CN1C(=O)N[C@](C)(c2ccccc2)C1=O. The minimum absolute atomic E-state index is 0.325. The van der Waals surface area contributed by atoms with E-state index in [2.05, 4.69) is 10.6 Å².